The van der Waals surface area contributed by atoms with Crippen LogP contribution >= 0.6 is 11.8 Å². The Kier molecular flexibility index (Phi) is 6.36. The molecule has 164 valence electrons. The van der Waals surface area contributed by atoms with Crippen LogP contribution in [0.2, 0.25) is 0 Å². The molecular weight excluding hydrogens is 422 g/mol. The first kappa shape index (κ1) is 21.8. The number of aromatic nitrogens is 6. The number of nitrogens with one attached hydrogen (secondary N) is 2. The van der Waals surface area contributed by atoms with Gasteiger partial charge >= 0.3 is 0 Å². The van der Waals surface area contributed by atoms with Crippen molar-refractivity contribution in [1.82, 2.24) is 29.7 Å². The van der Waals surface area contributed by atoms with E-state index in [0.29, 0.717) is 11.8 Å². The summed E-state index contributed by atoms with van der Waals surface area (Å²) >= 11 is 1.37. The largest absolute Gasteiger partial charge is 0.337 e. The molecular formula is C23H25N7OS. The second-order valence-electron chi connectivity index (χ2n) is 7.65. The van der Waals surface area contributed by atoms with Gasteiger partial charge < -0.3 is 10.3 Å². The lowest BCUT2D eigenvalue weighted by molar-refractivity contribution is -0.113. The molecule has 0 aliphatic heterocycles. The smallest absolute Gasteiger partial charge is 0.252 e. The van der Waals surface area contributed by atoms with Crippen LogP contribution in [0.25, 0.3) is 5.95 Å². The number of carbonyl (C=O) groups excluding carboxylic acids is 1. The van der Waals surface area contributed by atoms with Gasteiger partial charge in [0.1, 0.15) is 5.82 Å². The summed E-state index contributed by atoms with van der Waals surface area (Å²) in [5, 5.41) is 8.09. The van der Waals surface area contributed by atoms with Crippen LogP contribution < -0.4 is 5.32 Å². The van der Waals surface area contributed by atoms with E-state index >= 15 is 0 Å². The predicted octanol–water partition coefficient (Wildman–Crippen LogP) is 3.94. The van der Waals surface area contributed by atoms with E-state index in [1.54, 1.807) is 10.7 Å². The fourth-order valence-corrected chi connectivity index (χ4v) is 4.09. The summed E-state index contributed by atoms with van der Waals surface area (Å²) in [6.45, 7) is 7.67. The third-order valence-electron chi connectivity index (χ3n) is 4.78. The second-order valence-corrected chi connectivity index (χ2v) is 8.61. The summed E-state index contributed by atoms with van der Waals surface area (Å²) < 4.78 is 1.56. The minimum atomic E-state index is -0.154. The number of aryl methyl sites for hydroxylation is 4. The van der Waals surface area contributed by atoms with Gasteiger partial charge in [-0.2, -0.15) is 9.78 Å². The molecule has 8 nitrogen and oxygen atoms in total. The van der Waals surface area contributed by atoms with Crippen molar-refractivity contribution in [3.63, 3.8) is 0 Å². The molecule has 3 heterocycles. The third kappa shape index (κ3) is 5.23. The lowest BCUT2D eigenvalue weighted by Crippen LogP contribution is -2.18. The summed E-state index contributed by atoms with van der Waals surface area (Å²) in [6, 6.07) is 13.9. The molecule has 3 aromatic heterocycles. The van der Waals surface area contributed by atoms with Gasteiger partial charge in [-0.05, 0) is 39.3 Å². The molecule has 0 radical (unpaired) electrons. The van der Waals surface area contributed by atoms with E-state index in [1.165, 1.54) is 17.3 Å². The number of anilines is 1. The second kappa shape index (κ2) is 9.35. The summed E-state index contributed by atoms with van der Waals surface area (Å²) in [4.78, 5) is 29.5. The van der Waals surface area contributed by atoms with Crippen molar-refractivity contribution >= 4 is 23.5 Å². The Balaban J connectivity index is 1.41. The van der Waals surface area contributed by atoms with Gasteiger partial charge in [0.15, 0.2) is 5.16 Å². The number of rotatable bonds is 7. The number of amides is 1. The number of imidazole rings is 1. The summed E-state index contributed by atoms with van der Waals surface area (Å²) in [7, 11) is 0. The Hall–Kier alpha value is -3.46. The first-order chi connectivity index (χ1) is 15.4. The normalized spacial score (nSPS) is 11.0. The zero-order valence-electron chi connectivity index (χ0n) is 18.5. The minimum absolute atomic E-state index is 0.154. The van der Waals surface area contributed by atoms with Gasteiger partial charge in [-0.3, -0.25) is 4.79 Å². The number of nitrogens with zero attached hydrogens (tertiary/aromatic N) is 5. The Morgan fingerprint density at radius 1 is 1.00 bits per heavy atom. The molecule has 0 atom stereocenters. The molecule has 32 heavy (non-hydrogen) atoms. The van der Waals surface area contributed by atoms with Crippen molar-refractivity contribution < 1.29 is 4.79 Å². The van der Waals surface area contributed by atoms with Gasteiger partial charge in [0.05, 0.1) is 17.1 Å². The first-order valence-electron chi connectivity index (χ1n) is 10.3. The van der Waals surface area contributed by atoms with Crippen molar-refractivity contribution in [3.8, 4) is 5.95 Å². The van der Waals surface area contributed by atoms with Crippen molar-refractivity contribution in [2.75, 3.05) is 11.1 Å². The number of thioether (sulfide) groups is 1. The van der Waals surface area contributed by atoms with E-state index in [9.17, 15) is 4.79 Å². The topological polar surface area (TPSA) is 101 Å². The molecule has 0 unspecified atom stereocenters. The summed E-state index contributed by atoms with van der Waals surface area (Å²) in [5.41, 5.74) is 5.65. The summed E-state index contributed by atoms with van der Waals surface area (Å²) in [6.07, 6.45) is 0.754. The zero-order valence-corrected chi connectivity index (χ0v) is 19.3. The Labute approximate surface area is 190 Å². The molecule has 0 fully saturated rings. The highest BCUT2D eigenvalue weighted by molar-refractivity contribution is 7.99. The Morgan fingerprint density at radius 2 is 1.72 bits per heavy atom. The van der Waals surface area contributed by atoms with Gasteiger partial charge in [-0.15, -0.1) is 0 Å². The van der Waals surface area contributed by atoms with E-state index in [2.05, 4.69) is 42.5 Å². The molecule has 0 saturated carbocycles. The Morgan fingerprint density at radius 3 is 2.44 bits per heavy atom. The molecule has 4 rings (SSSR count). The van der Waals surface area contributed by atoms with Crippen LogP contribution in [0.5, 0.6) is 0 Å². The molecule has 4 aromatic rings. The highest BCUT2D eigenvalue weighted by Gasteiger charge is 2.15. The maximum atomic E-state index is 12.6. The third-order valence-corrected chi connectivity index (χ3v) is 5.65. The molecule has 0 aliphatic rings. The molecule has 0 aliphatic carbocycles. The van der Waals surface area contributed by atoms with Crippen LogP contribution in [0.1, 0.15) is 34.0 Å². The van der Waals surface area contributed by atoms with E-state index < -0.39 is 0 Å². The SMILES string of the molecule is Cc1cc(C)nc(-n2nc(C)cc2NC(=O)CSc2nc(Cc3ccccc3)c(C)[nH]2)n1. The van der Waals surface area contributed by atoms with Gasteiger partial charge in [0.25, 0.3) is 5.95 Å². The molecule has 0 saturated heterocycles. The molecule has 9 heteroatoms. The maximum absolute atomic E-state index is 12.6. The van der Waals surface area contributed by atoms with Crippen molar-refractivity contribution in [1.29, 1.82) is 0 Å². The number of benzene rings is 1. The van der Waals surface area contributed by atoms with Crippen molar-refractivity contribution in [2.45, 2.75) is 39.3 Å². The van der Waals surface area contributed by atoms with Crippen LogP contribution in [-0.4, -0.2) is 41.4 Å². The molecule has 2 N–H and O–H groups in total. The van der Waals surface area contributed by atoms with Gasteiger partial charge in [-0.25, -0.2) is 15.0 Å². The summed E-state index contributed by atoms with van der Waals surface area (Å²) in [5.74, 6) is 1.04. The van der Waals surface area contributed by atoms with Gasteiger partial charge in [0.2, 0.25) is 5.91 Å². The fourth-order valence-electron chi connectivity index (χ4n) is 3.35. The van der Waals surface area contributed by atoms with Crippen LogP contribution in [0.15, 0.2) is 47.6 Å². The average Bonchev–Trinajstić information content (AvgIpc) is 3.28. The number of carbonyl (C=O) groups is 1. The van der Waals surface area contributed by atoms with E-state index in [1.807, 2.05) is 52.0 Å². The number of aromatic amines is 1. The van der Waals surface area contributed by atoms with E-state index in [-0.39, 0.29) is 11.7 Å². The van der Waals surface area contributed by atoms with Crippen LogP contribution in [0.3, 0.4) is 0 Å². The van der Waals surface area contributed by atoms with Gasteiger partial charge in [0, 0.05) is 29.6 Å². The fraction of sp³-hybridized carbons (Fsp3) is 0.261. The number of H-pyrrole nitrogens is 1. The quantitative estimate of drug-likeness (QED) is 0.416. The molecule has 1 aromatic carbocycles. The molecule has 0 spiro atoms. The van der Waals surface area contributed by atoms with Crippen LogP contribution in [0.4, 0.5) is 5.82 Å². The zero-order chi connectivity index (χ0) is 22.7. The van der Waals surface area contributed by atoms with E-state index in [0.717, 1.165) is 40.0 Å². The number of hydrogen-bond acceptors (Lipinski definition) is 6. The Bertz CT molecular complexity index is 1230. The monoisotopic (exact) mass is 447 g/mol. The van der Waals surface area contributed by atoms with E-state index in [4.69, 9.17) is 0 Å². The van der Waals surface area contributed by atoms with Crippen LogP contribution in [-0.2, 0) is 11.2 Å². The first-order valence-corrected chi connectivity index (χ1v) is 11.3. The van der Waals surface area contributed by atoms with Crippen molar-refractivity contribution in [2.24, 2.45) is 0 Å². The predicted molar refractivity (Wildman–Crippen MR) is 125 cm³/mol. The lowest BCUT2D eigenvalue weighted by atomic mass is 10.1. The lowest BCUT2D eigenvalue weighted by Gasteiger charge is -2.08. The standard InChI is InChI=1S/C23H25N7OS/c1-14-10-15(2)25-22(24-14)30-20(11-16(3)29-30)28-21(31)13-32-23-26-17(4)19(27-23)12-18-8-6-5-7-9-18/h5-11H,12-13H2,1-4H3,(H,26,27)(H,28,31). The highest BCUT2D eigenvalue weighted by atomic mass is 32.2. The van der Waals surface area contributed by atoms with Crippen LogP contribution in [0, 0.1) is 27.7 Å². The van der Waals surface area contributed by atoms with Gasteiger partial charge in [-0.1, -0.05) is 42.1 Å². The number of hydrogen-bond donors (Lipinski definition) is 2. The molecule has 0 bridgehead atoms. The highest BCUT2D eigenvalue weighted by Crippen LogP contribution is 2.20. The van der Waals surface area contributed by atoms with Crippen molar-refractivity contribution in [3.05, 3.63) is 76.5 Å². The molecule has 1 amide bonds. The maximum Gasteiger partial charge on any atom is 0.252 e. The minimum Gasteiger partial charge on any atom is -0.337 e. The average molecular weight is 448 g/mol.